The van der Waals surface area contributed by atoms with Gasteiger partial charge in [-0.15, -0.1) is 0 Å². The van der Waals surface area contributed by atoms with Gasteiger partial charge in [-0.05, 0) is 6.92 Å². The van der Waals surface area contributed by atoms with E-state index in [2.05, 4.69) is 9.72 Å². The molecular weight excluding hydrogens is 264 g/mol. The molecule has 0 N–H and O–H groups in total. The number of esters is 1. The second-order valence-corrected chi connectivity index (χ2v) is 3.17. The third-order valence-corrected chi connectivity index (χ3v) is 2.08. The molecular formula is C10H7F2N3O4. The van der Waals surface area contributed by atoms with Crippen molar-refractivity contribution < 1.29 is 23.2 Å². The van der Waals surface area contributed by atoms with Gasteiger partial charge in [0.2, 0.25) is 0 Å². The molecule has 1 heterocycles. The van der Waals surface area contributed by atoms with E-state index in [0.29, 0.717) is 6.20 Å². The Kier molecular flexibility index (Phi) is 4.41. The van der Waals surface area contributed by atoms with Crippen molar-refractivity contribution in [3.05, 3.63) is 33.1 Å². The van der Waals surface area contributed by atoms with Gasteiger partial charge in [-0.25, -0.2) is 18.6 Å². The van der Waals surface area contributed by atoms with Gasteiger partial charge >= 0.3 is 5.97 Å². The number of pyridine rings is 1. The van der Waals surface area contributed by atoms with Gasteiger partial charge in [0, 0.05) is 0 Å². The highest BCUT2D eigenvalue weighted by molar-refractivity contribution is 5.90. The van der Waals surface area contributed by atoms with Crippen LogP contribution in [0.25, 0.3) is 0 Å². The predicted octanol–water partition coefficient (Wildman–Crippen LogP) is 1.98. The lowest BCUT2D eigenvalue weighted by Gasteiger charge is -2.08. The summed E-state index contributed by atoms with van der Waals surface area (Å²) in [4.78, 5) is 24.4. The number of hydrogen-bond donors (Lipinski definition) is 0. The second kappa shape index (κ2) is 5.81. The van der Waals surface area contributed by atoms with Crippen LogP contribution in [-0.2, 0) is 4.74 Å². The van der Waals surface area contributed by atoms with Gasteiger partial charge in [-0.1, -0.05) is 0 Å². The lowest BCUT2D eigenvalue weighted by Crippen LogP contribution is -2.14. The SMILES string of the molecule is CCOC(=O)c1ncc(C#N)c([N+](=O)[O-])c1C(F)F. The smallest absolute Gasteiger partial charge is 0.357 e. The van der Waals surface area contributed by atoms with Crippen LogP contribution in [0.1, 0.15) is 35.0 Å². The summed E-state index contributed by atoms with van der Waals surface area (Å²) >= 11 is 0. The normalized spacial score (nSPS) is 10.1. The first-order valence-electron chi connectivity index (χ1n) is 4.96. The van der Waals surface area contributed by atoms with E-state index in [0.717, 1.165) is 0 Å². The highest BCUT2D eigenvalue weighted by Gasteiger charge is 2.33. The quantitative estimate of drug-likeness (QED) is 0.470. The summed E-state index contributed by atoms with van der Waals surface area (Å²) in [5.74, 6) is -1.20. The van der Waals surface area contributed by atoms with Gasteiger partial charge in [0.1, 0.15) is 17.2 Å². The minimum atomic E-state index is -3.33. The molecule has 7 nitrogen and oxygen atoms in total. The van der Waals surface area contributed by atoms with E-state index in [4.69, 9.17) is 5.26 Å². The lowest BCUT2D eigenvalue weighted by atomic mass is 10.1. The van der Waals surface area contributed by atoms with Crippen molar-refractivity contribution in [1.82, 2.24) is 4.98 Å². The molecule has 0 unspecified atom stereocenters. The van der Waals surface area contributed by atoms with Crippen LogP contribution in [0.15, 0.2) is 6.20 Å². The predicted molar refractivity (Wildman–Crippen MR) is 56.5 cm³/mol. The number of nitro groups is 1. The van der Waals surface area contributed by atoms with E-state index in [-0.39, 0.29) is 6.61 Å². The van der Waals surface area contributed by atoms with Crippen LogP contribution in [-0.4, -0.2) is 22.5 Å². The molecule has 0 fully saturated rings. The first-order chi connectivity index (χ1) is 8.93. The first kappa shape index (κ1) is 14.4. The zero-order valence-corrected chi connectivity index (χ0v) is 9.59. The Balaban J connectivity index is 3.59. The lowest BCUT2D eigenvalue weighted by molar-refractivity contribution is -0.386. The van der Waals surface area contributed by atoms with Gasteiger partial charge in [-0.3, -0.25) is 10.1 Å². The standard InChI is InChI=1S/C10H7F2N3O4/c1-2-19-10(16)7-6(9(11)12)8(15(17)18)5(3-13)4-14-7/h4,9H,2H2,1H3. The number of rotatable bonds is 4. The van der Waals surface area contributed by atoms with Crippen LogP contribution in [0.5, 0.6) is 0 Å². The summed E-state index contributed by atoms with van der Waals surface area (Å²) in [5.41, 5.74) is -3.84. The summed E-state index contributed by atoms with van der Waals surface area (Å²) in [6.07, 6.45) is -2.64. The average Bonchev–Trinajstić information content (AvgIpc) is 2.36. The largest absolute Gasteiger partial charge is 0.461 e. The number of nitriles is 1. The topological polar surface area (TPSA) is 106 Å². The monoisotopic (exact) mass is 271 g/mol. The Labute approximate surface area is 105 Å². The molecule has 100 valence electrons. The summed E-state index contributed by atoms with van der Waals surface area (Å²) < 4.78 is 30.3. The number of ether oxygens (including phenoxy) is 1. The van der Waals surface area contributed by atoms with E-state index in [9.17, 15) is 23.7 Å². The zero-order chi connectivity index (χ0) is 14.6. The molecule has 0 radical (unpaired) electrons. The van der Waals surface area contributed by atoms with E-state index in [1.807, 2.05) is 0 Å². The average molecular weight is 271 g/mol. The molecule has 1 aromatic heterocycles. The third kappa shape index (κ3) is 2.79. The Morgan fingerprint density at radius 3 is 2.74 bits per heavy atom. The molecule has 0 bridgehead atoms. The zero-order valence-electron chi connectivity index (χ0n) is 9.59. The fourth-order valence-electron chi connectivity index (χ4n) is 1.36. The molecule has 0 saturated carbocycles. The van der Waals surface area contributed by atoms with Gasteiger partial charge in [0.05, 0.1) is 17.7 Å². The van der Waals surface area contributed by atoms with Crippen LogP contribution in [0.2, 0.25) is 0 Å². The van der Waals surface area contributed by atoms with Crippen molar-refractivity contribution in [3.8, 4) is 6.07 Å². The highest BCUT2D eigenvalue weighted by atomic mass is 19.3. The number of carbonyl (C=O) groups is 1. The molecule has 1 aromatic rings. The maximum absolute atomic E-state index is 12.9. The Morgan fingerprint density at radius 2 is 2.32 bits per heavy atom. The van der Waals surface area contributed by atoms with Gasteiger partial charge in [-0.2, -0.15) is 5.26 Å². The molecule has 0 amide bonds. The van der Waals surface area contributed by atoms with Crippen LogP contribution in [0, 0.1) is 21.4 Å². The van der Waals surface area contributed by atoms with E-state index in [1.165, 1.54) is 13.0 Å². The molecule has 1 rings (SSSR count). The summed E-state index contributed by atoms with van der Waals surface area (Å²) in [7, 11) is 0. The molecule has 0 aliphatic rings. The van der Waals surface area contributed by atoms with Crippen LogP contribution in [0.3, 0.4) is 0 Å². The van der Waals surface area contributed by atoms with Crippen molar-refractivity contribution in [2.24, 2.45) is 0 Å². The number of aromatic nitrogens is 1. The Morgan fingerprint density at radius 1 is 1.68 bits per heavy atom. The van der Waals surface area contributed by atoms with E-state index < -0.39 is 39.8 Å². The third-order valence-electron chi connectivity index (χ3n) is 2.08. The summed E-state index contributed by atoms with van der Waals surface area (Å²) in [6.45, 7) is 1.34. The Hall–Kier alpha value is -2.63. The molecule has 0 aromatic carbocycles. The molecule has 0 saturated heterocycles. The molecule has 0 spiro atoms. The van der Waals surface area contributed by atoms with E-state index in [1.54, 1.807) is 0 Å². The van der Waals surface area contributed by atoms with Crippen molar-refractivity contribution in [2.45, 2.75) is 13.3 Å². The maximum Gasteiger partial charge on any atom is 0.357 e. The number of hydrogen-bond acceptors (Lipinski definition) is 6. The summed E-state index contributed by atoms with van der Waals surface area (Å²) in [6, 6.07) is 1.38. The van der Waals surface area contributed by atoms with Crippen molar-refractivity contribution in [3.63, 3.8) is 0 Å². The molecule has 9 heteroatoms. The number of nitrogens with zero attached hydrogens (tertiary/aromatic N) is 3. The van der Waals surface area contributed by atoms with Crippen LogP contribution in [0.4, 0.5) is 14.5 Å². The number of halogens is 2. The molecule has 19 heavy (non-hydrogen) atoms. The van der Waals surface area contributed by atoms with Gasteiger partial charge < -0.3 is 4.74 Å². The maximum atomic E-state index is 12.9. The molecule has 0 aliphatic carbocycles. The van der Waals surface area contributed by atoms with Crippen molar-refractivity contribution >= 4 is 11.7 Å². The molecule has 0 atom stereocenters. The highest BCUT2D eigenvalue weighted by Crippen LogP contribution is 2.33. The fraction of sp³-hybridized carbons (Fsp3) is 0.300. The Bertz CT molecular complexity index is 569. The van der Waals surface area contributed by atoms with Gasteiger partial charge in [0.15, 0.2) is 5.69 Å². The first-order valence-corrected chi connectivity index (χ1v) is 4.96. The van der Waals surface area contributed by atoms with E-state index >= 15 is 0 Å². The number of carbonyl (C=O) groups excluding carboxylic acids is 1. The van der Waals surface area contributed by atoms with Crippen molar-refractivity contribution in [1.29, 1.82) is 5.26 Å². The van der Waals surface area contributed by atoms with Crippen LogP contribution >= 0.6 is 0 Å². The fourth-order valence-corrected chi connectivity index (χ4v) is 1.36. The van der Waals surface area contributed by atoms with Crippen LogP contribution < -0.4 is 0 Å². The van der Waals surface area contributed by atoms with Gasteiger partial charge in [0.25, 0.3) is 12.1 Å². The minimum absolute atomic E-state index is 0.100. The molecule has 0 aliphatic heterocycles. The number of alkyl halides is 2. The summed E-state index contributed by atoms with van der Waals surface area (Å²) in [5, 5.41) is 19.4. The second-order valence-electron chi connectivity index (χ2n) is 3.17. The van der Waals surface area contributed by atoms with Crippen molar-refractivity contribution in [2.75, 3.05) is 6.61 Å². The minimum Gasteiger partial charge on any atom is -0.461 e.